The third kappa shape index (κ3) is 1.68. The monoisotopic (exact) mass is 223 g/mol. The lowest BCUT2D eigenvalue weighted by atomic mass is 9.81. The third-order valence-electron chi connectivity index (χ3n) is 3.11. The average Bonchev–Trinajstić information content (AvgIpc) is 2.28. The number of hydrogen-bond acceptors (Lipinski definition) is 2. The van der Waals surface area contributed by atoms with Crippen molar-refractivity contribution in [3.05, 3.63) is 35.4 Å². The van der Waals surface area contributed by atoms with Gasteiger partial charge >= 0.3 is 0 Å². The minimum atomic E-state index is -0.601. The van der Waals surface area contributed by atoms with Gasteiger partial charge in [-0.2, -0.15) is 0 Å². The third-order valence-corrected chi connectivity index (χ3v) is 3.35. The number of halogens is 1. The summed E-state index contributed by atoms with van der Waals surface area (Å²) in [6, 6.07) is 8.06. The van der Waals surface area contributed by atoms with Gasteiger partial charge < -0.3 is 5.32 Å². The number of ketones is 1. The van der Waals surface area contributed by atoms with Gasteiger partial charge in [-0.15, -0.1) is 11.6 Å². The molecule has 1 atom stereocenters. The number of nitrogens with one attached hydrogen (secondary N) is 1. The van der Waals surface area contributed by atoms with Crippen LogP contribution < -0.4 is 5.32 Å². The fourth-order valence-electron chi connectivity index (χ4n) is 2.15. The molecule has 0 spiro atoms. The highest BCUT2D eigenvalue weighted by atomic mass is 35.5. The van der Waals surface area contributed by atoms with Crippen molar-refractivity contribution in [1.29, 1.82) is 0 Å². The number of Topliss-reactive ketones (excluding diaryl/α,β-unsaturated/α-hetero) is 1. The summed E-state index contributed by atoms with van der Waals surface area (Å²) in [4.78, 5) is 11.9. The van der Waals surface area contributed by atoms with Gasteiger partial charge in [-0.3, -0.25) is 4.79 Å². The summed E-state index contributed by atoms with van der Waals surface area (Å²) in [5, 5.41) is 3.27. The van der Waals surface area contributed by atoms with E-state index in [4.69, 9.17) is 11.6 Å². The number of rotatable bonds is 2. The van der Waals surface area contributed by atoms with Gasteiger partial charge in [0.1, 0.15) is 5.54 Å². The Morgan fingerprint density at radius 2 is 2.27 bits per heavy atom. The van der Waals surface area contributed by atoms with Crippen LogP contribution in [0.15, 0.2) is 24.3 Å². The minimum absolute atomic E-state index is 0.0383. The Hall–Kier alpha value is -0.860. The van der Waals surface area contributed by atoms with Crippen molar-refractivity contribution in [3.63, 3.8) is 0 Å². The maximum Gasteiger partial charge on any atom is 0.171 e. The van der Waals surface area contributed by atoms with E-state index < -0.39 is 5.54 Å². The molecule has 1 aromatic carbocycles. The molecule has 0 fully saturated rings. The number of benzene rings is 1. The van der Waals surface area contributed by atoms with Gasteiger partial charge in [0.25, 0.3) is 0 Å². The summed E-state index contributed by atoms with van der Waals surface area (Å²) >= 11 is 5.65. The van der Waals surface area contributed by atoms with Gasteiger partial charge in [0, 0.05) is 6.54 Å². The van der Waals surface area contributed by atoms with Crippen LogP contribution in [-0.2, 0) is 16.8 Å². The van der Waals surface area contributed by atoms with Crippen molar-refractivity contribution in [2.45, 2.75) is 18.9 Å². The molecule has 0 radical (unpaired) electrons. The number of hydrogen-bond donors (Lipinski definition) is 1. The van der Waals surface area contributed by atoms with E-state index in [1.165, 1.54) is 5.56 Å². The van der Waals surface area contributed by atoms with E-state index in [0.29, 0.717) is 0 Å². The van der Waals surface area contributed by atoms with E-state index in [1.807, 2.05) is 25.1 Å². The molecule has 0 bridgehead atoms. The highest BCUT2D eigenvalue weighted by Gasteiger charge is 2.37. The number of alkyl halides is 1. The summed E-state index contributed by atoms with van der Waals surface area (Å²) in [6.45, 7) is 2.74. The van der Waals surface area contributed by atoms with Crippen LogP contribution in [0.5, 0.6) is 0 Å². The molecule has 3 heteroatoms. The van der Waals surface area contributed by atoms with Crippen LogP contribution in [0.1, 0.15) is 18.1 Å². The quantitative estimate of drug-likeness (QED) is 0.776. The van der Waals surface area contributed by atoms with Gasteiger partial charge in [-0.05, 0) is 24.5 Å². The van der Waals surface area contributed by atoms with Crippen LogP contribution in [0.4, 0.5) is 0 Å². The molecule has 1 unspecified atom stereocenters. The number of carbonyl (C=O) groups is 1. The van der Waals surface area contributed by atoms with E-state index in [-0.39, 0.29) is 11.7 Å². The second-order valence-corrected chi connectivity index (χ2v) is 4.28. The zero-order valence-corrected chi connectivity index (χ0v) is 9.47. The van der Waals surface area contributed by atoms with Gasteiger partial charge in [0.05, 0.1) is 5.88 Å². The molecule has 1 aliphatic heterocycles. The lowest BCUT2D eigenvalue weighted by Crippen LogP contribution is -2.51. The molecule has 1 heterocycles. The molecular weight excluding hydrogens is 210 g/mol. The van der Waals surface area contributed by atoms with E-state index in [1.54, 1.807) is 0 Å². The Morgan fingerprint density at radius 3 is 3.00 bits per heavy atom. The maximum atomic E-state index is 11.9. The molecule has 0 aliphatic carbocycles. The molecule has 0 saturated carbocycles. The first-order valence-electron chi connectivity index (χ1n) is 5.11. The molecule has 0 aromatic heterocycles. The molecular formula is C12H14ClNO. The van der Waals surface area contributed by atoms with Crippen LogP contribution in [0.25, 0.3) is 0 Å². The SMILES string of the molecule is CC1(C(=O)CCl)NCCc2ccccc21. The first-order chi connectivity index (χ1) is 7.18. The van der Waals surface area contributed by atoms with Gasteiger partial charge in [-0.25, -0.2) is 0 Å². The fourth-order valence-corrected chi connectivity index (χ4v) is 2.42. The van der Waals surface area contributed by atoms with E-state index >= 15 is 0 Å². The maximum absolute atomic E-state index is 11.9. The Labute approximate surface area is 94.6 Å². The Bertz CT molecular complexity index is 391. The smallest absolute Gasteiger partial charge is 0.171 e. The van der Waals surface area contributed by atoms with Crippen LogP contribution in [-0.4, -0.2) is 18.2 Å². The van der Waals surface area contributed by atoms with Crippen molar-refractivity contribution in [1.82, 2.24) is 5.32 Å². The second-order valence-electron chi connectivity index (χ2n) is 4.02. The molecule has 1 aliphatic rings. The lowest BCUT2D eigenvalue weighted by Gasteiger charge is -2.35. The first kappa shape index (κ1) is 10.7. The van der Waals surface area contributed by atoms with Crippen molar-refractivity contribution in [2.75, 3.05) is 12.4 Å². The van der Waals surface area contributed by atoms with Crippen LogP contribution in [0, 0.1) is 0 Å². The largest absolute Gasteiger partial charge is 0.301 e. The van der Waals surface area contributed by atoms with Crippen molar-refractivity contribution < 1.29 is 4.79 Å². The summed E-state index contributed by atoms with van der Waals surface area (Å²) in [6.07, 6.45) is 0.974. The molecule has 15 heavy (non-hydrogen) atoms. The van der Waals surface area contributed by atoms with Crippen molar-refractivity contribution >= 4 is 17.4 Å². The standard InChI is InChI=1S/C12H14ClNO/c1-12(11(15)8-13)10-5-3-2-4-9(10)6-7-14-12/h2-5,14H,6-8H2,1H3. The predicted octanol–water partition coefficient (Wildman–Crippen LogP) is 1.86. The minimum Gasteiger partial charge on any atom is -0.301 e. The molecule has 80 valence electrons. The van der Waals surface area contributed by atoms with Crippen molar-refractivity contribution in [2.24, 2.45) is 0 Å². The van der Waals surface area contributed by atoms with E-state index in [2.05, 4.69) is 11.4 Å². The highest BCUT2D eigenvalue weighted by molar-refractivity contribution is 6.29. The normalized spacial score (nSPS) is 24.7. The number of fused-ring (bicyclic) bond motifs is 1. The molecule has 1 aromatic rings. The summed E-state index contributed by atoms with van der Waals surface area (Å²) in [5.41, 5.74) is 1.72. The summed E-state index contributed by atoms with van der Waals surface area (Å²) in [5.74, 6) is 0.0917. The molecule has 2 rings (SSSR count). The molecule has 0 saturated heterocycles. The summed E-state index contributed by atoms with van der Waals surface area (Å²) < 4.78 is 0. The highest BCUT2D eigenvalue weighted by Crippen LogP contribution is 2.29. The van der Waals surface area contributed by atoms with Crippen LogP contribution in [0.2, 0.25) is 0 Å². The Kier molecular flexibility index (Phi) is 2.81. The molecule has 2 nitrogen and oxygen atoms in total. The summed E-state index contributed by atoms with van der Waals surface area (Å²) in [7, 11) is 0. The zero-order valence-electron chi connectivity index (χ0n) is 8.72. The lowest BCUT2D eigenvalue weighted by molar-refractivity contribution is -0.123. The number of carbonyl (C=O) groups excluding carboxylic acids is 1. The van der Waals surface area contributed by atoms with Gasteiger partial charge in [0.15, 0.2) is 5.78 Å². The molecule has 1 N–H and O–H groups in total. The fraction of sp³-hybridized carbons (Fsp3) is 0.417. The molecule has 0 amide bonds. The van der Waals surface area contributed by atoms with E-state index in [0.717, 1.165) is 18.5 Å². The van der Waals surface area contributed by atoms with Crippen LogP contribution in [0.3, 0.4) is 0 Å². The van der Waals surface area contributed by atoms with Gasteiger partial charge in [0.2, 0.25) is 0 Å². The second kappa shape index (κ2) is 3.95. The predicted molar refractivity (Wildman–Crippen MR) is 61.2 cm³/mol. The Morgan fingerprint density at radius 1 is 1.53 bits per heavy atom. The Balaban J connectivity index is 2.49. The van der Waals surface area contributed by atoms with Crippen molar-refractivity contribution in [3.8, 4) is 0 Å². The topological polar surface area (TPSA) is 29.1 Å². The zero-order chi connectivity index (χ0) is 10.9. The van der Waals surface area contributed by atoms with E-state index in [9.17, 15) is 4.79 Å². The average molecular weight is 224 g/mol. The van der Waals surface area contributed by atoms with Gasteiger partial charge in [-0.1, -0.05) is 24.3 Å². The van der Waals surface area contributed by atoms with Crippen LogP contribution >= 0.6 is 11.6 Å². The first-order valence-corrected chi connectivity index (χ1v) is 5.64.